The van der Waals surface area contributed by atoms with Gasteiger partial charge in [-0.3, -0.25) is 19.5 Å². The summed E-state index contributed by atoms with van der Waals surface area (Å²) in [7, 11) is 0. The van der Waals surface area contributed by atoms with Crippen LogP contribution in [-0.2, 0) is 15.0 Å². The number of nitrogens with zero attached hydrogens (tertiary/aromatic N) is 2. The van der Waals surface area contributed by atoms with E-state index in [4.69, 9.17) is 0 Å². The highest BCUT2D eigenvalue weighted by Gasteiger charge is 2.46. The van der Waals surface area contributed by atoms with E-state index in [1.807, 2.05) is 30.3 Å². The number of benzene rings is 1. The molecule has 2 heterocycles. The fourth-order valence-electron chi connectivity index (χ4n) is 5.38. The molecule has 4 rings (SSSR count). The molecule has 0 radical (unpaired) electrons. The Morgan fingerprint density at radius 3 is 2.39 bits per heavy atom. The van der Waals surface area contributed by atoms with E-state index in [2.05, 4.69) is 36.4 Å². The van der Waals surface area contributed by atoms with E-state index in [1.54, 1.807) is 30.3 Å². The molecule has 7 nitrogen and oxygen atoms in total. The van der Waals surface area contributed by atoms with Gasteiger partial charge in [-0.15, -0.1) is 0 Å². The molecule has 2 aromatic rings. The first-order valence-electron chi connectivity index (χ1n) is 13.2. The molecule has 1 aromatic heterocycles. The van der Waals surface area contributed by atoms with Crippen LogP contribution < -0.4 is 15.5 Å². The monoisotopic (exact) mass is 492 g/mol. The molecule has 7 heteroatoms. The Balaban J connectivity index is 1.78. The van der Waals surface area contributed by atoms with Gasteiger partial charge in [0, 0.05) is 42.7 Å². The number of aromatic nitrogens is 1. The van der Waals surface area contributed by atoms with Crippen molar-refractivity contribution in [3.05, 3.63) is 59.9 Å². The van der Waals surface area contributed by atoms with Gasteiger partial charge in [-0.2, -0.15) is 0 Å². The first kappa shape index (κ1) is 26.3. The van der Waals surface area contributed by atoms with Crippen LogP contribution in [0.5, 0.6) is 0 Å². The molecule has 2 amide bonds. The number of carbonyl (C=O) groups excluding carboxylic acids is 2. The van der Waals surface area contributed by atoms with Crippen LogP contribution in [0.25, 0.3) is 0 Å². The van der Waals surface area contributed by atoms with Crippen molar-refractivity contribution in [3.8, 4) is 0 Å². The Morgan fingerprint density at radius 2 is 1.83 bits per heavy atom. The number of pyridine rings is 1. The van der Waals surface area contributed by atoms with Crippen molar-refractivity contribution in [1.29, 1.82) is 0 Å². The van der Waals surface area contributed by atoms with E-state index < -0.39 is 17.7 Å². The third kappa shape index (κ3) is 5.79. The number of aliphatic hydroxyl groups is 1. The topological polar surface area (TPSA) is 94.6 Å². The summed E-state index contributed by atoms with van der Waals surface area (Å²) in [5.41, 5.74) is 1.40. The van der Waals surface area contributed by atoms with E-state index in [1.165, 1.54) is 6.42 Å². The molecular weight excluding hydrogens is 452 g/mol. The number of rotatable bonds is 6. The summed E-state index contributed by atoms with van der Waals surface area (Å²) in [6, 6.07) is 10.7. The van der Waals surface area contributed by atoms with Gasteiger partial charge < -0.3 is 15.7 Å². The quantitative estimate of drug-likeness (QED) is 0.566. The normalized spacial score (nSPS) is 23.8. The molecule has 0 spiro atoms. The lowest BCUT2D eigenvalue weighted by atomic mass is 9.87. The van der Waals surface area contributed by atoms with Gasteiger partial charge in [-0.05, 0) is 48.9 Å². The molecular formula is C29H40N4O3. The molecule has 3 atom stereocenters. The SMILES string of the molecule is CC(C)(C)c1ccc(N(C(=O)[C@@]2(C)C[C@@H](O)CN2)C(C(=O)NC2CCCCC2)c2cccnc2)cc1. The highest BCUT2D eigenvalue weighted by atomic mass is 16.3. The van der Waals surface area contributed by atoms with Gasteiger partial charge in [0.05, 0.1) is 11.6 Å². The molecule has 1 saturated carbocycles. The van der Waals surface area contributed by atoms with E-state index in [0.717, 1.165) is 31.2 Å². The van der Waals surface area contributed by atoms with Crippen LogP contribution in [0.1, 0.15) is 83.4 Å². The molecule has 3 N–H and O–H groups in total. The van der Waals surface area contributed by atoms with Crippen LogP contribution in [0.4, 0.5) is 5.69 Å². The molecule has 1 unspecified atom stereocenters. The minimum atomic E-state index is -0.992. The third-order valence-corrected chi connectivity index (χ3v) is 7.53. The van der Waals surface area contributed by atoms with Gasteiger partial charge in [0.15, 0.2) is 0 Å². The fraction of sp³-hybridized carbons (Fsp3) is 0.552. The Bertz CT molecular complexity index is 1040. The second-order valence-corrected chi connectivity index (χ2v) is 11.6. The maximum Gasteiger partial charge on any atom is 0.248 e. The third-order valence-electron chi connectivity index (χ3n) is 7.53. The standard InChI is InChI=1S/C29H40N4O3/c1-28(2,3)21-12-14-23(15-13-21)33(27(36)29(4)17-24(34)19-31-29)25(20-9-8-16-30-18-20)26(35)32-22-10-6-5-7-11-22/h8-9,12-16,18,22,24-25,31,34H,5-7,10-11,17,19H2,1-4H3,(H,32,35)/t24-,25?,29-/m1/s1. The van der Waals surface area contributed by atoms with Gasteiger partial charge in [0.2, 0.25) is 11.8 Å². The Hall–Kier alpha value is -2.77. The van der Waals surface area contributed by atoms with Crippen LogP contribution in [0.15, 0.2) is 48.8 Å². The number of amides is 2. The summed E-state index contributed by atoms with van der Waals surface area (Å²) < 4.78 is 0. The molecule has 1 saturated heterocycles. The molecule has 1 aromatic carbocycles. The lowest BCUT2D eigenvalue weighted by molar-refractivity contribution is -0.129. The van der Waals surface area contributed by atoms with E-state index in [0.29, 0.717) is 17.8 Å². The highest BCUT2D eigenvalue weighted by Crippen LogP contribution is 2.34. The van der Waals surface area contributed by atoms with Crippen molar-refractivity contribution in [2.75, 3.05) is 11.4 Å². The minimum Gasteiger partial charge on any atom is -0.392 e. The van der Waals surface area contributed by atoms with Crippen molar-refractivity contribution in [3.63, 3.8) is 0 Å². The van der Waals surface area contributed by atoms with Gasteiger partial charge in [0.1, 0.15) is 6.04 Å². The molecule has 2 aliphatic rings. The van der Waals surface area contributed by atoms with Crippen LogP contribution in [0.2, 0.25) is 0 Å². The largest absolute Gasteiger partial charge is 0.392 e. The highest BCUT2D eigenvalue weighted by molar-refractivity contribution is 6.05. The maximum atomic E-state index is 14.3. The minimum absolute atomic E-state index is 0.0441. The average Bonchev–Trinajstić information content (AvgIpc) is 3.22. The van der Waals surface area contributed by atoms with Crippen molar-refractivity contribution in [1.82, 2.24) is 15.6 Å². The second-order valence-electron chi connectivity index (χ2n) is 11.6. The maximum absolute atomic E-state index is 14.3. The number of hydrogen-bond donors (Lipinski definition) is 3. The fourth-order valence-corrected chi connectivity index (χ4v) is 5.38. The lowest BCUT2D eigenvalue weighted by Gasteiger charge is -2.38. The van der Waals surface area contributed by atoms with Gasteiger partial charge in [0.25, 0.3) is 0 Å². The van der Waals surface area contributed by atoms with Crippen LogP contribution in [0, 0.1) is 0 Å². The van der Waals surface area contributed by atoms with Crippen molar-refractivity contribution in [2.45, 2.75) is 95.4 Å². The Kier molecular flexibility index (Phi) is 7.81. The predicted octanol–water partition coefficient (Wildman–Crippen LogP) is 4.02. The first-order valence-corrected chi connectivity index (χ1v) is 13.2. The molecule has 2 fully saturated rings. The van der Waals surface area contributed by atoms with Crippen molar-refractivity contribution < 1.29 is 14.7 Å². The van der Waals surface area contributed by atoms with Gasteiger partial charge in [-0.25, -0.2) is 0 Å². The summed E-state index contributed by atoms with van der Waals surface area (Å²) in [5.74, 6) is -0.444. The zero-order valence-corrected chi connectivity index (χ0v) is 22.0. The average molecular weight is 493 g/mol. The number of aliphatic hydroxyl groups excluding tert-OH is 1. The van der Waals surface area contributed by atoms with Gasteiger partial charge in [-0.1, -0.05) is 58.2 Å². The second kappa shape index (κ2) is 10.7. The Labute approximate surface area is 214 Å². The molecule has 194 valence electrons. The van der Waals surface area contributed by atoms with Crippen LogP contribution >= 0.6 is 0 Å². The molecule has 0 bridgehead atoms. The molecule has 36 heavy (non-hydrogen) atoms. The van der Waals surface area contributed by atoms with Crippen LogP contribution in [0.3, 0.4) is 0 Å². The summed E-state index contributed by atoms with van der Waals surface area (Å²) in [6.07, 6.45) is 8.28. The predicted molar refractivity (Wildman–Crippen MR) is 142 cm³/mol. The number of β-amino-alcohol motifs (C(OH)–C–C–N with tert-alkyl or cyclic N) is 1. The number of hydrogen-bond acceptors (Lipinski definition) is 5. The Morgan fingerprint density at radius 1 is 1.14 bits per heavy atom. The van der Waals surface area contributed by atoms with E-state index in [-0.39, 0.29) is 29.7 Å². The van der Waals surface area contributed by atoms with Crippen molar-refractivity contribution >= 4 is 17.5 Å². The zero-order valence-electron chi connectivity index (χ0n) is 22.0. The summed E-state index contributed by atoms with van der Waals surface area (Å²) >= 11 is 0. The van der Waals surface area contributed by atoms with Crippen molar-refractivity contribution in [2.24, 2.45) is 0 Å². The number of anilines is 1. The van der Waals surface area contributed by atoms with Crippen LogP contribution in [-0.4, -0.2) is 46.1 Å². The van der Waals surface area contributed by atoms with Gasteiger partial charge >= 0.3 is 0 Å². The summed E-state index contributed by atoms with van der Waals surface area (Å²) in [5, 5.41) is 16.7. The smallest absolute Gasteiger partial charge is 0.248 e. The van der Waals surface area contributed by atoms with E-state index in [9.17, 15) is 14.7 Å². The summed E-state index contributed by atoms with van der Waals surface area (Å²) in [6.45, 7) is 8.58. The summed E-state index contributed by atoms with van der Waals surface area (Å²) in [4.78, 5) is 34.1. The molecule has 1 aliphatic carbocycles. The first-order chi connectivity index (χ1) is 17.1. The molecule has 1 aliphatic heterocycles. The van der Waals surface area contributed by atoms with E-state index >= 15 is 0 Å². The lowest BCUT2D eigenvalue weighted by Crippen LogP contribution is -2.57. The number of carbonyl (C=O) groups is 2. The zero-order chi connectivity index (χ0) is 25.9. The number of nitrogens with one attached hydrogen (secondary N) is 2.